The highest BCUT2D eigenvalue weighted by Gasteiger charge is 2.31. The van der Waals surface area contributed by atoms with Crippen LogP contribution in [0.5, 0.6) is 0 Å². The van der Waals surface area contributed by atoms with E-state index in [9.17, 15) is 9.90 Å². The minimum Gasteiger partial charge on any atom is -0.394 e. The van der Waals surface area contributed by atoms with E-state index in [0.717, 1.165) is 28.7 Å². The van der Waals surface area contributed by atoms with E-state index in [0.29, 0.717) is 6.54 Å². The molecule has 1 atom stereocenters. The number of anilines is 1. The maximum absolute atomic E-state index is 12.5. The first-order valence-electron chi connectivity index (χ1n) is 6.43. The van der Waals surface area contributed by atoms with Crippen LogP contribution >= 0.6 is 15.9 Å². The first kappa shape index (κ1) is 14.5. The number of aryl methyl sites for hydroxylation is 1. The fourth-order valence-electron chi connectivity index (χ4n) is 2.40. The molecule has 0 radical (unpaired) electrons. The van der Waals surface area contributed by atoms with Crippen molar-refractivity contribution >= 4 is 27.5 Å². The molecule has 0 spiro atoms. The van der Waals surface area contributed by atoms with E-state index < -0.39 is 6.04 Å². The van der Waals surface area contributed by atoms with Gasteiger partial charge < -0.3 is 10.0 Å². The third-order valence-electron chi connectivity index (χ3n) is 3.54. The van der Waals surface area contributed by atoms with E-state index in [1.54, 1.807) is 4.90 Å². The van der Waals surface area contributed by atoms with Gasteiger partial charge in [0, 0.05) is 17.6 Å². The quantitative estimate of drug-likeness (QED) is 0.901. The van der Waals surface area contributed by atoms with Crippen molar-refractivity contribution in [3.63, 3.8) is 0 Å². The Labute approximate surface area is 122 Å². The highest BCUT2D eigenvalue weighted by Crippen LogP contribution is 2.29. The Hall–Kier alpha value is -0.910. The standard InChI is InChI=1S/C14H19BrN2O2/c1-10-4-5-12(11(15)8-10)17-7-3-6-16(2)13(9-18)14(17)19/h4-5,8,13,18H,3,6-7,9H2,1-2H3. The van der Waals surface area contributed by atoms with Gasteiger partial charge in [0.1, 0.15) is 6.04 Å². The molecule has 0 aromatic heterocycles. The third kappa shape index (κ3) is 2.99. The van der Waals surface area contributed by atoms with Gasteiger partial charge in [-0.05, 0) is 54.0 Å². The first-order valence-corrected chi connectivity index (χ1v) is 7.22. The summed E-state index contributed by atoms with van der Waals surface area (Å²) in [6.45, 7) is 3.37. The summed E-state index contributed by atoms with van der Waals surface area (Å²) in [7, 11) is 1.88. The number of likely N-dealkylation sites (N-methyl/N-ethyl adjacent to an activating group) is 1. The van der Waals surface area contributed by atoms with Crippen LogP contribution in [-0.2, 0) is 4.79 Å². The Balaban J connectivity index is 2.34. The number of hydrogen-bond acceptors (Lipinski definition) is 3. The van der Waals surface area contributed by atoms with Gasteiger partial charge in [-0.25, -0.2) is 0 Å². The molecule has 0 saturated carbocycles. The van der Waals surface area contributed by atoms with Gasteiger partial charge in [-0.3, -0.25) is 9.69 Å². The second-order valence-corrected chi connectivity index (χ2v) is 5.83. The Morgan fingerprint density at radius 3 is 2.79 bits per heavy atom. The van der Waals surface area contributed by atoms with Crippen molar-refractivity contribution in [2.45, 2.75) is 19.4 Å². The molecule has 19 heavy (non-hydrogen) atoms. The van der Waals surface area contributed by atoms with Crippen LogP contribution in [0.4, 0.5) is 5.69 Å². The topological polar surface area (TPSA) is 43.8 Å². The average Bonchev–Trinajstić information content (AvgIpc) is 2.49. The first-order chi connectivity index (χ1) is 9.04. The zero-order valence-corrected chi connectivity index (χ0v) is 12.9. The van der Waals surface area contributed by atoms with Crippen LogP contribution in [0.2, 0.25) is 0 Å². The highest BCUT2D eigenvalue weighted by atomic mass is 79.9. The number of carbonyl (C=O) groups is 1. The Morgan fingerprint density at radius 1 is 1.42 bits per heavy atom. The molecule has 0 aliphatic carbocycles. The lowest BCUT2D eigenvalue weighted by atomic mass is 10.2. The monoisotopic (exact) mass is 326 g/mol. The van der Waals surface area contributed by atoms with Crippen molar-refractivity contribution in [2.75, 3.05) is 31.6 Å². The van der Waals surface area contributed by atoms with E-state index in [1.807, 2.05) is 37.1 Å². The molecule has 5 heteroatoms. The van der Waals surface area contributed by atoms with Gasteiger partial charge in [0.05, 0.1) is 12.3 Å². The predicted octanol–water partition coefficient (Wildman–Crippen LogP) is 1.79. The van der Waals surface area contributed by atoms with Crippen LogP contribution in [0.15, 0.2) is 22.7 Å². The summed E-state index contributed by atoms with van der Waals surface area (Å²) in [4.78, 5) is 16.2. The fraction of sp³-hybridized carbons (Fsp3) is 0.500. The maximum atomic E-state index is 12.5. The van der Waals surface area contributed by atoms with Crippen LogP contribution in [0.3, 0.4) is 0 Å². The molecule has 4 nitrogen and oxygen atoms in total. The molecule has 1 aromatic carbocycles. The normalized spacial score (nSPS) is 21.6. The van der Waals surface area contributed by atoms with Gasteiger partial charge in [0.25, 0.3) is 0 Å². The molecule has 0 bridgehead atoms. The molecule has 1 saturated heterocycles. The average molecular weight is 327 g/mol. The number of carbonyl (C=O) groups excluding carboxylic acids is 1. The second-order valence-electron chi connectivity index (χ2n) is 4.98. The minimum absolute atomic E-state index is 0.0351. The Kier molecular flexibility index (Phi) is 4.60. The number of amides is 1. The summed E-state index contributed by atoms with van der Waals surface area (Å²) in [5.41, 5.74) is 2.03. The minimum atomic E-state index is -0.448. The van der Waals surface area contributed by atoms with Crippen molar-refractivity contribution in [1.29, 1.82) is 0 Å². The number of nitrogens with zero attached hydrogens (tertiary/aromatic N) is 2. The summed E-state index contributed by atoms with van der Waals surface area (Å²) in [6.07, 6.45) is 0.902. The summed E-state index contributed by atoms with van der Waals surface area (Å²) in [5, 5.41) is 9.43. The van der Waals surface area contributed by atoms with Crippen molar-refractivity contribution in [2.24, 2.45) is 0 Å². The van der Waals surface area contributed by atoms with Crippen molar-refractivity contribution in [1.82, 2.24) is 4.90 Å². The molecule has 1 aliphatic heterocycles. The number of halogens is 1. The van der Waals surface area contributed by atoms with Gasteiger partial charge in [0.15, 0.2) is 0 Å². The molecule has 1 fully saturated rings. The van der Waals surface area contributed by atoms with E-state index in [4.69, 9.17) is 0 Å². The Bertz CT molecular complexity index is 479. The van der Waals surface area contributed by atoms with Crippen molar-refractivity contribution in [3.05, 3.63) is 28.2 Å². The number of rotatable bonds is 2. The molecule has 1 heterocycles. The van der Waals surface area contributed by atoms with E-state index >= 15 is 0 Å². The SMILES string of the molecule is Cc1ccc(N2CCCN(C)C(CO)C2=O)c(Br)c1. The smallest absolute Gasteiger partial charge is 0.246 e. The van der Waals surface area contributed by atoms with E-state index in [2.05, 4.69) is 15.9 Å². The van der Waals surface area contributed by atoms with Crippen molar-refractivity contribution < 1.29 is 9.90 Å². The second kappa shape index (κ2) is 6.03. The molecule has 1 aromatic rings. The number of benzene rings is 1. The van der Waals surface area contributed by atoms with Crippen LogP contribution in [0.1, 0.15) is 12.0 Å². The van der Waals surface area contributed by atoms with Gasteiger partial charge >= 0.3 is 0 Å². The van der Waals surface area contributed by atoms with Crippen LogP contribution in [0.25, 0.3) is 0 Å². The number of hydrogen-bond donors (Lipinski definition) is 1. The summed E-state index contributed by atoms with van der Waals surface area (Å²) < 4.78 is 0.919. The fourth-order valence-corrected chi connectivity index (χ4v) is 3.11. The van der Waals surface area contributed by atoms with Gasteiger partial charge in [0.2, 0.25) is 5.91 Å². The summed E-state index contributed by atoms with van der Waals surface area (Å²) >= 11 is 3.52. The Morgan fingerprint density at radius 2 is 2.16 bits per heavy atom. The molecular formula is C14H19BrN2O2. The van der Waals surface area contributed by atoms with Crippen LogP contribution in [0, 0.1) is 6.92 Å². The number of aliphatic hydroxyl groups is 1. The zero-order valence-electron chi connectivity index (χ0n) is 11.3. The number of aliphatic hydroxyl groups excluding tert-OH is 1. The third-order valence-corrected chi connectivity index (χ3v) is 4.18. The predicted molar refractivity (Wildman–Crippen MR) is 79.4 cm³/mol. The molecule has 1 amide bonds. The lowest BCUT2D eigenvalue weighted by Crippen LogP contribution is -2.46. The molecule has 104 valence electrons. The van der Waals surface area contributed by atoms with Gasteiger partial charge in [-0.15, -0.1) is 0 Å². The molecule has 1 aliphatic rings. The van der Waals surface area contributed by atoms with Crippen LogP contribution < -0.4 is 4.90 Å². The van der Waals surface area contributed by atoms with Gasteiger partial charge in [-0.2, -0.15) is 0 Å². The zero-order chi connectivity index (χ0) is 14.0. The van der Waals surface area contributed by atoms with Crippen LogP contribution in [-0.4, -0.2) is 48.7 Å². The largest absolute Gasteiger partial charge is 0.394 e. The molecular weight excluding hydrogens is 308 g/mol. The van der Waals surface area contributed by atoms with Gasteiger partial charge in [-0.1, -0.05) is 6.07 Å². The van der Waals surface area contributed by atoms with E-state index in [1.165, 1.54) is 0 Å². The van der Waals surface area contributed by atoms with E-state index in [-0.39, 0.29) is 12.5 Å². The highest BCUT2D eigenvalue weighted by molar-refractivity contribution is 9.10. The molecule has 1 N–H and O–H groups in total. The summed E-state index contributed by atoms with van der Waals surface area (Å²) in [6, 6.07) is 5.51. The maximum Gasteiger partial charge on any atom is 0.246 e. The molecule has 2 rings (SSSR count). The van der Waals surface area contributed by atoms with Crippen molar-refractivity contribution in [3.8, 4) is 0 Å². The summed E-state index contributed by atoms with van der Waals surface area (Å²) in [5.74, 6) is -0.0351. The molecule has 1 unspecified atom stereocenters. The lowest BCUT2D eigenvalue weighted by Gasteiger charge is -2.27. The lowest BCUT2D eigenvalue weighted by molar-refractivity contribution is -0.123.